The highest BCUT2D eigenvalue weighted by Crippen LogP contribution is 2.15. The van der Waals surface area contributed by atoms with E-state index in [1.807, 2.05) is 43.3 Å². The lowest BCUT2D eigenvalue weighted by molar-refractivity contribution is 0.215. The number of anilines is 1. The Balaban J connectivity index is 1.60. The van der Waals surface area contributed by atoms with E-state index in [0.717, 1.165) is 30.1 Å². The summed E-state index contributed by atoms with van der Waals surface area (Å²) in [7, 11) is 0. The van der Waals surface area contributed by atoms with Crippen molar-refractivity contribution in [3.05, 3.63) is 59.7 Å². The number of rotatable bonds is 3. The molecule has 22 heavy (non-hydrogen) atoms. The van der Waals surface area contributed by atoms with Crippen LogP contribution in [0.25, 0.3) is 0 Å². The number of amides is 1. The summed E-state index contributed by atoms with van der Waals surface area (Å²) >= 11 is 0. The standard InChI is InChI=1S/C17H17N3O2/c1-12-2-6-14(7-3-12)20-17(21)22-15-8-4-13(5-9-15)16-18-10-11-19-16/h2-9H,10-11H2,1H3,(H,18,19)(H,20,21). The third-order valence-electron chi connectivity index (χ3n) is 3.31. The van der Waals surface area contributed by atoms with Gasteiger partial charge in [-0.2, -0.15) is 0 Å². The zero-order valence-electron chi connectivity index (χ0n) is 12.3. The lowest BCUT2D eigenvalue weighted by Crippen LogP contribution is -2.19. The average molecular weight is 295 g/mol. The first-order valence-corrected chi connectivity index (χ1v) is 7.15. The van der Waals surface area contributed by atoms with Crippen molar-refractivity contribution in [3.63, 3.8) is 0 Å². The minimum Gasteiger partial charge on any atom is -0.410 e. The van der Waals surface area contributed by atoms with E-state index >= 15 is 0 Å². The van der Waals surface area contributed by atoms with Crippen LogP contribution in [0.2, 0.25) is 0 Å². The molecule has 0 saturated carbocycles. The molecule has 1 aliphatic heterocycles. The van der Waals surface area contributed by atoms with Crippen LogP contribution in [0, 0.1) is 6.92 Å². The van der Waals surface area contributed by atoms with Crippen LogP contribution in [-0.2, 0) is 0 Å². The van der Waals surface area contributed by atoms with Crippen LogP contribution in [0.3, 0.4) is 0 Å². The fraction of sp³-hybridized carbons (Fsp3) is 0.176. The molecule has 1 aliphatic rings. The molecule has 2 aromatic carbocycles. The van der Waals surface area contributed by atoms with Gasteiger partial charge < -0.3 is 10.1 Å². The Bertz CT molecular complexity index is 691. The van der Waals surface area contributed by atoms with E-state index in [1.54, 1.807) is 12.1 Å². The van der Waals surface area contributed by atoms with Crippen LogP contribution in [0.5, 0.6) is 5.75 Å². The third kappa shape index (κ3) is 3.44. The Morgan fingerprint density at radius 2 is 1.86 bits per heavy atom. The molecule has 5 nitrogen and oxygen atoms in total. The normalized spacial score (nSPS) is 13.2. The maximum absolute atomic E-state index is 11.8. The summed E-state index contributed by atoms with van der Waals surface area (Å²) in [5.41, 5.74) is 2.83. The van der Waals surface area contributed by atoms with Crippen LogP contribution in [0.4, 0.5) is 10.5 Å². The highest BCUT2D eigenvalue weighted by molar-refractivity contribution is 5.99. The Kier molecular flexibility index (Phi) is 4.05. The van der Waals surface area contributed by atoms with Crippen molar-refractivity contribution in [2.45, 2.75) is 6.92 Å². The number of nitrogens with zero attached hydrogens (tertiary/aromatic N) is 1. The molecule has 0 spiro atoms. The number of amidine groups is 1. The number of hydrogen-bond acceptors (Lipinski definition) is 4. The molecule has 0 aliphatic carbocycles. The average Bonchev–Trinajstić information content (AvgIpc) is 3.05. The summed E-state index contributed by atoms with van der Waals surface area (Å²) in [5.74, 6) is 1.38. The molecule has 1 amide bonds. The molecule has 5 heteroatoms. The molecule has 0 fully saturated rings. The molecular formula is C17H17N3O2. The molecule has 3 rings (SSSR count). The summed E-state index contributed by atoms with van der Waals surface area (Å²) < 4.78 is 5.26. The first-order valence-electron chi connectivity index (χ1n) is 7.15. The molecule has 1 heterocycles. The second-order valence-corrected chi connectivity index (χ2v) is 5.06. The fourth-order valence-electron chi connectivity index (χ4n) is 2.16. The van der Waals surface area contributed by atoms with E-state index in [1.165, 1.54) is 0 Å². The zero-order valence-corrected chi connectivity index (χ0v) is 12.3. The second-order valence-electron chi connectivity index (χ2n) is 5.06. The number of carbonyl (C=O) groups is 1. The minimum absolute atomic E-state index is 0.493. The second kappa shape index (κ2) is 6.30. The van der Waals surface area contributed by atoms with Crippen LogP contribution in [0.15, 0.2) is 53.5 Å². The SMILES string of the molecule is Cc1ccc(NC(=O)Oc2ccc(C3=NCCN3)cc2)cc1. The third-order valence-corrected chi connectivity index (χ3v) is 3.31. The van der Waals surface area contributed by atoms with Gasteiger partial charge in [-0.25, -0.2) is 4.79 Å². The van der Waals surface area contributed by atoms with Gasteiger partial charge in [0.1, 0.15) is 11.6 Å². The molecule has 2 aromatic rings. The van der Waals surface area contributed by atoms with Gasteiger partial charge in [0.15, 0.2) is 0 Å². The van der Waals surface area contributed by atoms with Gasteiger partial charge in [-0.1, -0.05) is 17.7 Å². The van der Waals surface area contributed by atoms with E-state index in [4.69, 9.17) is 4.74 Å². The number of nitrogens with one attached hydrogen (secondary N) is 2. The molecule has 2 N–H and O–H groups in total. The quantitative estimate of drug-likeness (QED) is 0.915. The first kappa shape index (κ1) is 14.1. The van der Waals surface area contributed by atoms with Crippen molar-refractivity contribution in [3.8, 4) is 5.75 Å². The highest BCUT2D eigenvalue weighted by atomic mass is 16.6. The Labute approximate surface area is 129 Å². The molecule has 0 unspecified atom stereocenters. The van der Waals surface area contributed by atoms with Crippen molar-refractivity contribution in [2.75, 3.05) is 18.4 Å². The molecule has 0 bridgehead atoms. The van der Waals surface area contributed by atoms with Gasteiger partial charge in [-0.15, -0.1) is 0 Å². The van der Waals surface area contributed by atoms with Crippen LogP contribution >= 0.6 is 0 Å². The number of benzene rings is 2. The monoisotopic (exact) mass is 295 g/mol. The van der Waals surface area contributed by atoms with Gasteiger partial charge >= 0.3 is 6.09 Å². The Morgan fingerprint density at radius 3 is 2.50 bits per heavy atom. The summed E-state index contributed by atoms with van der Waals surface area (Å²) in [4.78, 5) is 16.2. The largest absolute Gasteiger partial charge is 0.417 e. The predicted molar refractivity (Wildman–Crippen MR) is 86.7 cm³/mol. The number of aliphatic imine (C=N–C) groups is 1. The molecule has 0 aromatic heterocycles. The van der Waals surface area contributed by atoms with Crippen molar-refractivity contribution in [1.29, 1.82) is 0 Å². The van der Waals surface area contributed by atoms with E-state index < -0.39 is 6.09 Å². The molecular weight excluding hydrogens is 278 g/mol. The van der Waals surface area contributed by atoms with Gasteiger partial charge in [-0.05, 0) is 43.3 Å². The van der Waals surface area contributed by atoms with E-state index in [0.29, 0.717) is 11.4 Å². The maximum Gasteiger partial charge on any atom is 0.417 e. The van der Waals surface area contributed by atoms with Gasteiger partial charge in [0, 0.05) is 17.8 Å². The summed E-state index contributed by atoms with van der Waals surface area (Å²) in [6.07, 6.45) is -0.507. The zero-order chi connectivity index (χ0) is 15.4. The van der Waals surface area contributed by atoms with E-state index in [-0.39, 0.29) is 0 Å². The lowest BCUT2D eigenvalue weighted by Gasteiger charge is -2.08. The van der Waals surface area contributed by atoms with Crippen molar-refractivity contribution < 1.29 is 9.53 Å². The van der Waals surface area contributed by atoms with E-state index in [2.05, 4.69) is 15.6 Å². The summed E-state index contributed by atoms with van der Waals surface area (Å²) in [5, 5.41) is 5.89. The molecule has 0 atom stereocenters. The summed E-state index contributed by atoms with van der Waals surface area (Å²) in [6, 6.07) is 14.8. The van der Waals surface area contributed by atoms with E-state index in [9.17, 15) is 4.79 Å². The number of aryl methyl sites for hydroxylation is 1. The predicted octanol–water partition coefficient (Wildman–Crippen LogP) is 2.96. The van der Waals surface area contributed by atoms with Crippen molar-refractivity contribution in [2.24, 2.45) is 4.99 Å². The molecule has 0 radical (unpaired) electrons. The number of ether oxygens (including phenoxy) is 1. The minimum atomic E-state index is -0.507. The number of carbonyl (C=O) groups excluding carboxylic acids is 1. The summed E-state index contributed by atoms with van der Waals surface area (Å²) in [6.45, 7) is 3.66. The highest BCUT2D eigenvalue weighted by Gasteiger charge is 2.09. The number of hydrogen-bond donors (Lipinski definition) is 2. The van der Waals surface area contributed by atoms with Gasteiger partial charge in [0.2, 0.25) is 0 Å². The van der Waals surface area contributed by atoms with Crippen LogP contribution in [0.1, 0.15) is 11.1 Å². The fourth-order valence-corrected chi connectivity index (χ4v) is 2.16. The van der Waals surface area contributed by atoms with Crippen molar-refractivity contribution >= 4 is 17.6 Å². The maximum atomic E-state index is 11.8. The topological polar surface area (TPSA) is 62.7 Å². The molecule has 0 saturated heterocycles. The van der Waals surface area contributed by atoms with Crippen LogP contribution in [-0.4, -0.2) is 25.0 Å². The van der Waals surface area contributed by atoms with Crippen molar-refractivity contribution in [1.82, 2.24) is 5.32 Å². The Morgan fingerprint density at radius 1 is 1.14 bits per heavy atom. The Hall–Kier alpha value is -2.82. The van der Waals surface area contributed by atoms with Gasteiger partial charge in [-0.3, -0.25) is 10.3 Å². The van der Waals surface area contributed by atoms with Gasteiger partial charge in [0.05, 0.1) is 6.54 Å². The smallest absolute Gasteiger partial charge is 0.410 e. The first-order chi connectivity index (χ1) is 10.7. The van der Waals surface area contributed by atoms with Gasteiger partial charge in [0.25, 0.3) is 0 Å². The lowest BCUT2D eigenvalue weighted by atomic mass is 10.2. The van der Waals surface area contributed by atoms with Crippen LogP contribution < -0.4 is 15.4 Å². The molecule has 112 valence electrons.